The standard InChI is InChI=1S/C12H27N3O/c1-4-15(8-9-16-3)12(10-13)6-5-7-14(2)11-12/h4-11,13H2,1-3H3. The van der Waals surface area contributed by atoms with Crippen LogP contribution in [-0.4, -0.2) is 68.8 Å². The lowest BCUT2D eigenvalue weighted by Gasteiger charge is -2.48. The van der Waals surface area contributed by atoms with Gasteiger partial charge in [0.15, 0.2) is 0 Å². The number of hydrogen-bond acceptors (Lipinski definition) is 4. The third-order valence-corrected chi connectivity index (χ3v) is 3.74. The summed E-state index contributed by atoms with van der Waals surface area (Å²) < 4.78 is 5.19. The fourth-order valence-electron chi connectivity index (χ4n) is 2.82. The van der Waals surface area contributed by atoms with Crippen LogP contribution in [0.1, 0.15) is 19.8 Å². The Labute approximate surface area is 99.7 Å². The predicted octanol–water partition coefficient (Wildman–Crippen LogP) is 0.378. The molecule has 0 spiro atoms. The Morgan fingerprint density at radius 2 is 2.25 bits per heavy atom. The van der Waals surface area contributed by atoms with E-state index in [4.69, 9.17) is 10.5 Å². The van der Waals surface area contributed by atoms with E-state index in [2.05, 4.69) is 23.8 Å². The molecule has 0 bridgehead atoms. The second-order valence-electron chi connectivity index (χ2n) is 4.84. The van der Waals surface area contributed by atoms with Crippen LogP contribution in [0.25, 0.3) is 0 Å². The molecule has 1 unspecified atom stereocenters. The lowest BCUT2D eigenvalue weighted by atomic mass is 9.87. The Hall–Kier alpha value is -0.160. The zero-order chi connectivity index (χ0) is 12.0. The molecular formula is C12H27N3O. The highest BCUT2D eigenvalue weighted by Crippen LogP contribution is 2.25. The number of methoxy groups -OCH3 is 1. The van der Waals surface area contributed by atoms with E-state index in [1.165, 1.54) is 19.4 Å². The van der Waals surface area contributed by atoms with Crippen LogP contribution in [0.3, 0.4) is 0 Å². The Morgan fingerprint density at radius 1 is 1.50 bits per heavy atom. The first-order chi connectivity index (χ1) is 7.68. The number of nitrogens with zero attached hydrogens (tertiary/aromatic N) is 2. The number of nitrogens with two attached hydrogens (primary N) is 1. The molecule has 1 saturated heterocycles. The van der Waals surface area contributed by atoms with Crippen molar-refractivity contribution < 1.29 is 4.74 Å². The second kappa shape index (κ2) is 6.55. The van der Waals surface area contributed by atoms with Crippen molar-refractivity contribution in [1.29, 1.82) is 0 Å². The van der Waals surface area contributed by atoms with Crippen molar-refractivity contribution in [3.63, 3.8) is 0 Å². The van der Waals surface area contributed by atoms with Crippen molar-refractivity contribution in [2.45, 2.75) is 25.3 Å². The summed E-state index contributed by atoms with van der Waals surface area (Å²) in [4.78, 5) is 4.89. The maximum atomic E-state index is 6.04. The number of likely N-dealkylation sites (tertiary alicyclic amines) is 1. The van der Waals surface area contributed by atoms with Crippen molar-refractivity contribution in [3.8, 4) is 0 Å². The van der Waals surface area contributed by atoms with Crippen molar-refractivity contribution in [3.05, 3.63) is 0 Å². The smallest absolute Gasteiger partial charge is 0.0589 e. The molecule has 0 aliphatic carbocycles. The van der Waals surface area contributed by atoms with Gasteiger partial charge in [0.1, 0.15) is 0 Å². The largest absolute Gasteiger partial charge is 0.383 e. The van der Waals surface area contributed by atoms with Crippen LogP contribution in [0.4, 0.5) is 0 Å². The van der Waals surface area contributed by atoms with Gasteiger partial charge in [-0.25, -0.2) is 0 Å². The monoisotopic (exact) mass is 229 g/mol. The summed E-state index contributed by atoms with van der Waals surface area (Å²) in [7, 11) is 3.95. The summed E-state index contributed by atoms with van der Waals surface area (Å²) in [5, 5.41) is 0. The minimum atomic E-state index is 0.167. The number of piperidine rings is 1. The van der Waals surface area contributed by atoms with E-state index >= 15 is 0 Å². The number of likely N-dealkylation sites (N-methyl/N-ethyl adjacent to an activating group) is 2. The molecule has 4 heteroatoms. The molecule has 1 heterocycles. The van der Waals surface area contributed by atoms with E-state index < -0.39 is 0 Å². The molecule has 1 aliphatic rings. The molecule has 1 rings (SSSR count). The van der Waals surface area contributed by atoms with Gasteiger partial charge in [0.2, 0.25) is 0 Å². The van der Waals surface area contributed by atoms with Crippen LogP contribution >= 0.6 is 0 Å². The average molecular weight is 229 g/mol. The zero-order valence-electron chi connectivity index (χ0n) is 11.0. The van der Waals surface area contributed by atoms with Crippen LogP contribution in [0.15, 0.2) is 0 Å². The number of rotatable bonds is 6. The Kier molecular flexibility index (Phi) is 5.69. The highest BCUT2D eigenvalue weighted by atomic mass is 16.5. The molecule has 0 saturated carbocycles. The van der Waals surface area contributed by atoms with Gasteiger partial charge in [-0.3, -0.25) is 4.90 Å². The fraction of sp³-hybridized carbons (Fsp3) is 1.00. The molecule has 0 aromatic rings. The molecule has 0 aromatic carbocycles. The summed E-state index contributed by atoms with van der Waals surface area (Å²) in [5.41, 5.74) is 6.21. The molecule has 1 aliphatic heterocycles. The maximum Gasteiger partial charge on any atom is 0.0589 e. The normalized spacial score (nSPS) is 27.6. The lowest BCUT2D eigenvalue weighted by molar-refractivity contribution is 0.0133. The van der Waals surface area contributed by atoms with Crippen molar-refractivity contribution in [1.82, 2.24) is 9.80 Å². The van der Waals surface area contributed by atoms with E-state index in [0.717, 1.165) is 32.8 Å². The molecule has 96 valence electrons. The van der Waals surface area contributed by atoms with Gasteiger partial charge in [0.25, 0.3) is 0 Å². The van der Waals surface area contributed by atoms with Gasteiger partial charge in [0, 0.05) is 32.3 Å². The molecule has 1 fully saturated rings. The first-order valence-electron chi connectivity index (χ1n) is 6.31. The van der Waals surface area contributed by atoms with Crippen molar-refractivity contribution in [2.24, 2.45) is 5.73 Å². The SMILES string of the molecule is CCN(CCOC)C1(CN)CCCN(C)C1. The Bertz CT molecular complexity index is 201. The first kappa shape index (κ1) is 13.9. The minimum Gasteiger partial charge on any atom is -0.383 e. The molecular weight excluding hydrogens is 202 g/mol. The van der Waals surface area contributed by atoms with Crippen LogP contribution in [0, 0.1) is 0 Å². The zero-order valence-corrected chi connectivity index (χ0v) is 11.0. The summed E-state index contributed by atoms with van der Waals surface area (Å²) in [6, 6.07) is 0. The third-order valence-electron chi connectivity index (χ3n) is 3.74. The minimum absolute atomic E-state index is 0.167. The summed E-state index contributed by atoms with van der Waals surface area (Å²) in [5.74, 6) is 0. The van der Waals surface area contributed by atoms with Gasteiger partial charge in [-0.1, -0.05) is 6.92 Å². The topological polar surface area (TPSA) is 41.7 Å². The molecule has 0 aromatic heterocycles. The number of ether oxygens (including phenoxy) is 1. The predicted molar refractivity (Wildman–Crippen MR) is 67.6 cm³/mol. The molecule has 0 radical (unpaired) electrons. The number of hydrogen-bond donors (Lipinski definition) is 1. The van der Waals surface area contributed by atoms with E-state index in [9.17, 15) is 0 Å². The van der Waals surface area contributed by atoms with Crippen molar-refractivity contribution >= 4 is 0 Å². The quantitative estimate of drug-likeness (QED) is 0.715. The van der Waals surface area contributed by atoms with E-state index in [0.29, 0.717) is 0 Å². The van der Waals surface area contributed by atoms with Gasteiger partial charge < -0.3 is 15.4 Å². The molecule has 1 atom stereocenters. The van der Waals surface area contributed by atoms with E-state index in [1.807, 2.05) is 0 Å². The highest BCUT2D eigenvalue weighted by Gasteiger charge is 2.37. The van der Waals surface area contributed by atoms with Crippen molar-refractivity contribution in [2.75, 3.05) is 53.5 Å². The Morgan fingerprint density at radius 3 is 2.75 bits per heavy atom. The first-order valence-corrected chi connectivity index (χ1v) is 6.31. The summed E-state index contributed by atoms with van der Waals surface area (Å²) >= 11 is 0. The average Bonchev–Trinajstić information content (AvgIpc) is 2.30. The summed E-state index contributed by atoms with van der Waals surface area (Å²) in [6.45, 7) is 8.06. The van der Waals surface area contributed by atoms with Gasteiger partial charge in [0.05, 0.1) is 6.61 Å². The van der Waals surface area contributed by atoms with Crippen LogP contribution in [-0.2, 0) is 4.74 Å². The molecule has 2 N–H and O–H groups in total. The molecule has 4 nitrogen and oxygen atoms in total. The second-order valence-corrected chi connectivity index (χ2v) is 4.84. The van der Waals surface area contributed by atoms with E-state index in [1.54, 1.807) is 7.11 Å². The molecule has 0 amide bonds. The Balaban J connectivity index is 2.66. The van der Waals surface area contributed by atoms with Gasteiger partial charge in [-0.15, -0.1) is 0 Å². The lowest BCUT2D eigenvalue weighted by Crippen LogP contribution is -2.62. The van der Waals surface area contributed by atoms with Crippen LogP contribution in [0.5, 0.6) is 0 Å². The fourth-order valence-corrected chi connectivity index (χ4v) is 2.82. The third kappa shape index (κ3) is 3.17. The summed E-state index contributed by atoms with van der Waals surface area (Å²) in [6.07, 6.45) is 2.46. The van der Waals surface area contributed by atoms with Gasteiger partial charge in [-0.05, 0) is 33.0 Å². The van der Waals surface area contributed by atoms with Crippen LogP contribution < -0.4 is 5.73 Å². The van der Waals surface area contributed by atoms with Crippen LogP contribution in [0.2, 0.25) is 0 Å². The maximum absolute atomic E-state index is 6.04. The molecule has 16 heavy (non-hydrogen) atoms. The van der Waals surface area contributed by atoms with Gasteiger partial charge in [-0.2, -0.15) is 0 Å². The van der Waals surface area contributed by atoms with E-state index in [-0.39, 0.29) is 5.54 Å². The highest BCUT2D eigenvalue weighted by molar-refractivity contribution is 4.96. The van der Waals surface area contributed by atoms with Gasteiger partial charge >= 0.3 is 0 Å².